The Morgan fingerprint density at radius 1 is 1.09 bits per heavy atom. The van der Waals surface area contributed by atoms with Crippen LogP contribution < -0.4 is 17.2 Å². The van der Waals surface area contributed by atoms with Gasteiger partial charge in [0.05, 0.1) is 4.88 Å². The molecule has 0 saturated heterocycles. The molecule has 2 aromatic carbocycles. The third-order valence-corrected chi connectivity index (χ3v) is 4.59. The normalized spacial score (nSPS) is 10.7. The average Bonchev–Trinajstić information content (AvgIpc) is 2.98. The monoisotopic (exact) mass is 324 g/mol. The second-order valence-corrected chi connectivity index (χ2v) is 6.15. The summed E-state index contributed by atoms with van der Waals surface area (Å²) in [7, 11) is 0. The molecule has 5 nitrogen and oxygen atoms in total. The summed E-state index contributed by atoms with van der Waals surface area (Å²) in [5.74, 6) is -0.652. The zero-order valence-corrected chi connectivity index (χ0v) is 13.1. The summed E-state index contributed by atoms with van der Waals surface area (Å²) in [4.78, 5) is 16.1. The van der Waals surface area contributed by atoms with Crippen LogP contribution in [0.2, 0.25) is 0 Å². The maximum Gasteiger partial charge on any atom is 0.290 e. The van der Waals surface area contributed by atoms with E-state index in [1.165, 1.54) is 11.3 Å². The number of benzene rings is 2. The molecule has 116 valence electrons. The SMILES string of the molecule is NCc1ccc(-c2cccc3sc(C(=O)N=C(N)N)cc23)cc1. The van der Waals surface area contributed by atoms with Crippen molar-refractivity contribution in [3.05, 3.63) is 59.0 Å². The topological polar surface area (TPSA) is 107 Å². The van der Waals surface area contributed by atoms with Gasteiger partial charge in [0, 0.05) is 16.6 Å². The van der Waals surface area contributed by atoms with Crippen molar-refractivity contribution in [2.45, 2.75) is 6.54 Å². The largest absolute Gasteiger partial charge is 0.370 e. The van der Waals surface area contributed by atoms with Crippen LogP contribution in [0.4, 0.5) is 0 Å². The molecule has 0 bridgehead atoms. The molecule has 0 unspecified atom stereocenters. The number of amides is 1. The van der Waals surface area contributed by atoms with Gasteiger partial charge in [-0.05, 0) is 28.8 Å². The number of rotatable bonds is 3. The van der Waals surface area contributed by atoms with Crippen molar-refractivity contribution < 1.29 is 4.79 Å². The summed E-state index contributed by atoms with van der Waals surface area (Å²) in [5, 5.41) is 1.01. The minimum atomic E-state index is -0.421. The number of carbonyl (C=O) groups is 1. The van der Waals surface area contributed by atoms with Gasteiger partial charge in [-0.25, -0.2) is 0 Å². The van der Waals surface area contributed by atoms with Crippen molar-refractivity contribution in [2.75, 3.05) is 0 Å². The molecule has 6 heteroatoms. The van der Waals surface area contributed by atoms with Crippen LogP contribution in [0.25, 0.3) is 21.2 Å². The van der Waals surface area contributed by atoms with Crippen LogP contribution in [-0.2, 0) is 6.54 Å². The molecule has 1 aromatic heterocycles. The summed E-state index contributed by atoms with van der Waals surface area (Å²) >= 11 is 1.38. The van der Waals surface area contributed by atoms with Crippen LogP contribution >= 0.6 is 11.3 Å². The zero-order valence-electron chi connectivity index (χ0n) is 12.3. The highest BCUT2D eigenvalue weighted by molar-refractivity contribution is 7.20. The lowest BCUT2D eigenvalue weighted by Gasteiger charge is -2.04. The van der Waals surface area contributed by atoms with Gasteiger partial charge >= 0.3 is 0 Å². The standard InChI is InChI=1S/C17H16N4OS/c18-9-10-4-6-11(7-5-10)12-2-1-3-14-13(12)8-15(23-14)16(22)21-17(19)20/h1-8H,9,18H2,(H4,19,20,21,22). The van der Waals surface area contributed by atoms with E-state index in [4.69, 9.17) is 17.2 Å². The first-order valence-corrected chi connectivity index (χ1v) is 7.86. The minimum Gasteiger partial charge on any atom is -0.370 e. The minimum absolute atomic E-state index is 0.231. The van der Waals surface area contributed by atoms with E-state index in [2.05, 4.69) is 4.99 Å². The summed E-state index contributed by atoms with van der Waals surface area (Å²) in [5.41, 5.74) is 19.4. The third kappa shape index (κ3) is 3.08. The van der Waals surface area contributed by atoms with Crippen molar-refractivity contribution in [1.29, 1.82) is 0 Å². The predicted octanol–water partition coefficient (Wildman–Crippen LogP) is 2.44. The molecule has 0 atom stereocenters. The Bertz CT molecular complexity index is 893. The maximum absolute atomic E-state index is 12.0. The fourth-order valence-electron chi connectivity index (χ4n) is 2.41. The summed E-state index contributed by atoms with van der Waals surface area (Å²) in [6.45, 7) is 0.514. The fraction of sp³-hybridized carbons (Fsp3) is 0.0588. The first-order chi connectivity index (χ1) is 11.1. The van der Waals surface area contributed by atoms with Gasteiger partial charge in [-0.1, -0.05) is 36.4 Å². The molecule has 1 amide bonds. The van der Waals surface area contributed by atoms with Crippen molar-refractivity contribution in [2.24, 2.45) is 22.2 Å². The highest BCUT2D eigenvalue weighted by Gasteiger charge is 2.13. The summed E-state index contributed by atoms with van der Waals surface area (Å²) in [6.07, 6.45) is 0. The molecule has 0 radical (unpaired) electrons. The molecule has 0 aliphatic carbocycles. The van der Waals surface area contributed by atoms with E-state index in [-0.39, 0.29) is 5.96 Å². The van der Waals surface area contributed by atoms with E-state index >= 15 is 0 Å². The molecule has 1 heterocycles. The Balaban J connectivity index is 2.09. The quantitative estimate of drug-likeness (QED) is 0.508. The number of carbonyl (C=O) groups excluding carboxylic acids is 1. The number of hydrogen-bond acceptors (Lipinski definition) is 3. The number of fused-ring (bicyclic) bond motifs is 1. The highest BCUT2D eigenvalue weighted by Crippen LogP contribution is 2.34. The van der Waals surface area contributed by atoms with Crippen LogP contribution in [0.3, 0.4) is 0 Å². The lowest BCUT2D eigenvalue weighted by atomic mass is 10.0. The van der Waals surface area contributed by atoms with E-state index < -0.39 is 5.91 Å². The third-order valence-electron chi connectivity index (χ3n) is 3.50. The molecule has 23 heavy (non-hydrogen) atoms. The van der Waals surface area contributed by atoms with Crippen LogP contribution in [0, 0.1) is 0 Å². The summed E-state index contributed by atoms with van der Waals surface area (Å²) in [6, 6.07) is 15.9. The summed E-state index contributed by atoms with van der Waals surface area (Å²) < 4.78 is 1.01. The van der Waals surface area contributed by atoms with E-state index in [1.54, 1.807) is 0 Å². The Kier molecular flexibility index (Phi) is 4.10. The lowest BCUT2D eigenvalue weighted by molar-refractivity contribution is 0.101. The van der Waals surface area contributed by atoms with Crippen LogP contribution in [-0.4, -0.2) is 11.9 Å². The van der Waals surface area contributed by atoms with E-state index in [9.17, 15) is 4.79 Å². The molecule has 0 fully saturated rings. The van der Waals surface area contributed by atoms with Crippen LogP contribution in [0.1, 0.15) is 15.2 Å². The first-order valence-electron chi connectivity index (χ1n) is 7.04. The number of nitrogens with two attached hydrogens (primary N) is 3. The van der Waals surface area contributed by atoms with Gasteiger partial charge in [-0.15, -0.1) is 11.3 Å². The molecule has 3 rings (SSSR count). The number of thiophene rings is 1. The van der Waals surface area contributed by atoms with Crippen molar-refractivity contribution >= 4 is 33.3 Å². The average molecular weight is 324 g/mol. The van der Waals surface area contributed by atoms with Gasteiger partial charge in [0.1, 0.15) is 0 Å². The van der Waals surface area contributed by atoms with Gasteiger partial charge in [0.2, 0.25) is 0 Å². The van der Waals surface area contributed by atoms with Crippen molar-refractivity contribution in [3.63, 3.8) is 0 Å². The van der Waals surface area contributed by atoms with E-state index in [1.807, 2.05) is 48.5 Å². The van der Waals surface area contributed by atoms with E-state index in [0.29, 0.717) is 11.4 Å². The van der Waals surface area contributed by atoms with Crippen molar-refractivity contribution in [3.8, 4) is 11.1 Å². The zero-order chi connectivity index (χ0) is 16.4. The number of hydrogen-bond donors (Lipinski definition) is 3. The van der Waals surface area contributed by atoms with E-state index in [0.717, 1.165) is 26.8 Å². The smallest absolute Gasteiger partial charge is 0.290 e. The first kappa shape index (κ1) is 15.2. The lowest BCUT2D eigenvalue weighted by Crippen LogP contribution is -2.24. The molecular weight excluding hydrogens is 308 g/mol. The van der Waals surface area contributed by atoms with Crippen molar-refractivity contribution in [1.82, 2.24) is 0 Å². The van der Waals surface area contributed by atoms with Gasteiger partial charge in [-0.2, -0.15) is 4.99 Å². The Labute approximate surface area is 137 Å². The molecule has 0 saturated carbocycles. The fourth-order valence-corrected chi connectivity index (χ4v) is 3.38. The second-order valence-electron chi connectivity index (χ2n) is 5.07. The highest BCUT2D eigenvalue weighted by atomic mass is 32.1. The Morgan fingerprint density at radius 3 is 2.48 bits per heavy atom. The van der Waals surface area contributed by atoms with Gasteiger partial charge in [0.25, 0.3) is 5.91 Å². The molecule has 0 aliphatic heterocycles. The number of nitrogens with zero attached hydrogens (tertiary/aromatic N) is 1. The number of guanidine groups is 1. The van der Waals surface area contributed by atoms with Gasteiger partial charge in [-0.3, -0.25) is 4.79 Å². The molecule has 6 N–H and O–H groups in total. The van der Waals surface area contributed by atoms with Crippen LogP contribution in [0.5, 0.6) is 0 Å². The van der Waals surface area contributed by atoms with Crippen LogP contribution in [0.15, 0.2) is 53.5 Å². The molecule has 0 spiro atoms. The predicted molar refractivity (Wildman–Crippen MR) is 95.3 cm³/mol. The Morgan fingerprint density at radius 2 is 1.83 bits per heavy atom. The number of aliphatic imine (C=N–C) groups is 1. The molecule has 3 aromatic rings. The Hall–Kier alpha value is -2.70. The molecule has 0 aliphatic rings. The van der Waals surface area contributed by atoms with Gasteiger partial charge in [0.15, 0.2) is 5.96 Å². The van der Waals surface area contributed by atoms with Gasteiger partial charge < -0.3 is 17.2 Å². The molecular formula is C17H16N4OS. The maximum atomic E-state index is 12.0. The second kappa shape index (κ2) is 6.20.